The Kier molecular flexibility index (Phi) is 7.50. The van der Waals surface area contributed by atoms with Crippen LogP contribution in [0.15, 0.2) is 4.99 Å². The summed E-state index contributed by atoms with van der Waals surface area (Å²) in [6.45, 7) is 7.57. The number of nitrogens with zero attached hydrogens (tertiary/aromatic N) is 4. The highest BCUT2D eigenvalue weighted by atomic mass is 16.5. The van der Waals surface area contributed by atoms with Crippen molar-refractivity contribution in [2.24, 2.45) is 16.8 Å². The summed E-state index contributed by atoms with van der Waals surface area (Å²) in [6.07, 6.45) is 8.74. The first-order chi connectivity index (χ1) is 13.2. The number of aryl methyl sites for hydroxylation is 1. The fourth-order valence-corrected chi connectivity index (χ4v) is 4.22. The highest BCUT2D eigenvalue weighted by Crippen LogP contribution is 2.30. The third-order valence-electron chi connectivity index (χ3n) is 5.91. The molecule has 1 unspecified atom stereocenters. The molecule has 1 aromatic heterocycles. The number of hydrogen-bond donors (Lipinski definition) is 2. The van der Waals surface area contributed by atoms with E-state index in [-0.39, 0.29) is 0 Å². The maximum Gasteiger partial charge on any atom is 0.191 e. The van der Waals surface area contributed by atoms with E-state index in [2.05, 4.69) is 34.6 Å². The van der Waals surface area contributed by atoms with Crippen molar-refractivity contribution < 1.29 is 4.74 Å². The monoisotopic (exact) mass is 376 g/mol. The largest absolute Gasteiger partial charge is 0.377 e. The minimum atomic E-state index is 0.336. The molecule has 1 atom stereocenters. The molecule has 0 spiro atoms. The zero-order chi connectivity index (χ0) is 19.1. The number of aliphatic imine (C=N–C) groups is 1. The van der Waals surface area contributed by atoms with Crippen molar-refractivity contribution in [2.75, 3.05) is 20.2 Å². The lowest BCUT2D eigenvalue weighted by Gasteiger charge is -2.28. The van der Waals surface area contributed by atoms with Gasteiger partial charge in [-0.1, -0.05) is 26.2 Å². The van der Waals surface area contributed by atoms with Crippen molar-refractivity contribution in [3.8, 4) is 0 Å². The third-order valence-corrected chi connectivity index (χ3v) is 5.91. The third kappa shape index (κ3) is 5.67. The predicted octanol–water partition coefficient (Wildman–Crippen LogP) is 2.51. The lowest BCUT2D eigenvalue weighted by Crippen LogP contribution is -2.47. The maximum absolute atomic E-state index is 5.15. The number of aromatic nitrogens is 3. The number of guanidine groups is 1. The van der Waals surface area contributed by atoms with Crippen LogP contribution in [0, 0.1) is 11.8 Å². The van der Waals surface area contributed by atoms with Gasteiger partial charge in [0.1, 0.15) is 12.4 Å². The summed E-state index contributed by atoms with van der Waals surface area (Å²) < 4.78 is 7.17. The van der Waals surface area contributed by atoms with Crippen molar-refractivity contribution in [1.29, 1.82) is 0 Å². The lowest BCUT2D eigenvalue weighted by molar-refractivity contribution is 0.177. The Hall–Kier alpha value is -1.63. The summed E-state index contributed by atoms with van der Waals surface area (Å²) in [7, 11) is 1.68. The van der Waals surface area contributed by atoms with Crippen LogP contribution in [-0.2, 0) is 24.3 Å². The molecule has 0 bridgehead atoms. The van der Waals surface area contributed by atoms with Gasteiger partial charge in [0.05, 0.1) is 6.54 Å². The van der Waals surface area contributed by atoms with Crippen molar-refractivity contribution in [3.05, 3.63) is 11.6 Å². The van der Waals surface area contributed by atoms with Gasteiger partial charge in [-0.05, 0) is 38.0 Å². The molecule has 152 valence electrons. The molecule has 1 saturated carbocycles. The van der Waals surface area contributed by atoms with Crippen LogP contribution in [0.3, 0.4) is 0 Å². The molecule has 7 nitrogen and oxygen atoms in total. The smallest absolute Gasteiger partial charge is 0.191 e. The van der Waals surface area contributed by atoms with E-state index in [0.717, 1.165) is 61.9 Å². The van der Waals surface area contributed by atoms with E-state index in [4.69, 9.17) is 9.73 Å². The Morgan fingerprint density at radius 1 is 1.19 bits per heavy atom. The first-order valence-electron chi connectivity index (χ1n) is 10.7. The van der Waals surface area contributed by atoms with E-state index in [0.29, 0.717) is 12.6 Å². The summed E-state index contributed by atoms with van der Waals surface area (Å²) in [4.78, 5) is 9.46. The van der Waals surface area contributed by atoms with Gasteiger partial charge < -0.3 is 15.4 Å². The minimum Gasteiger partial charge on any atom is -0.377 e. The minimum absolute atomic E-state index is 0.336. The fourth-order valence-electron chi connectivity index (χ4n) is 4.22. The normalized spacial score (nSPS) is 25.9. The van der Waals surface area contributed by atoms with Crippen molar-refractivity contribution in [2.45, 2.75) is 78.0 Å². The Balaban J connectivity index is 1.53. The molecule has 1 fully saturated rings. The van der Waals surface area contributed by atoms with Crippen LogP contribution in [-0.4, -0.2) is 47.0 Å². The van der Waals surface area contributed by atoms with Crippen LogP contribution in [0.5, 0.6) is 0 Å². The average molecular weight is 377 g/mol. The Bertz CT molecular complexity index is 606. The van der Waals surface area contributed by atoms with Crippen molar-refractivity contribution in [1.82, 2.24) is 25.4 Å². The van der Waals surface area contributed by atoms with Gasteiger partial charge in [-0.2, -0.15) is 5.10 Å². The van der Waals surface area contributed by atoms with Gasteiger partial charge in [-0.15, -0.1) is 0 Å². The molecule has 1 aliphatic heterocycles. The molecule has 27 heavy (non-hydrogen) atoms. The van der Waals surface area contributed by atoms with E-state index in [1.165, 1.54) is 32.1 Å². The van der Waals surface area contributed by atoms with Crippen LogP contribution in [0.1, 0.15) is 64.0 Å². The first-order valence-corrected chi connectivity index (χ1v) is 10.7. The SMILES string of the molecule is CCNC(=NCC1CCC(CC)CC1)NC1CCc2nc(COC)nn2C1. The van der Waals surface area contributed by atoms with E-state index < -0.39 is 0 Å². The van der Waals surface area contributed by atoms with Gasteiger partial charge in [0, 0.05) is 32.7 Å². The molecule has 2 N–H and O–H groups in total. The van der Waals surface area contributed by atoms with Crippen LogP contribution in [0.4, 0.5) is 0 Å². The van der Waals surface area contributed by atoms with Crippen molar-refractivity contribution in [3.63, 3.8) is 0 Å². The van der Waals surface area contributed by atoms with Gasteiger partial charge in [0.25, 0.3) is 0 Å². The van der Waals surface area contributed by atoms with Crippen LogP contribution in [0.2, 0.25) is 0 Å². The highest BCUT2D eigenvalue weighted by molar-refractivity contribution is 5.80. The number of methoxy groups -OCH3 is 1. The van der Waals surface area contributed by atoms with E-state index in [9.17, 15) is 0 Å². The Labute approximate surface area is 163 Å². The number of rotatable bonds is 7. The average Bonchev–Trinajstić information content (AvgIpc) is 3.08. The number of nitrogens with one attached hydrogen (secondary N) is 2. The van der Waals surface area contributed by atoms with Gasteiger partial charge in [0.15, 0.2) is 11.8 Å². The maximum atomic E-state index is 5.15. The number of ether oxygens (including phenoxy) is 1. The van der Waals surface area contributed by atoms with Crippen LogP contribution < -0.4 is 10.6 Å². The Morgan fingerprint density at radius 2 is 1.96 bits per heavy atom. The molecular formula is C20H36N6O. The summed E-state index contributed by atoms with van der Waals surface area (Å²) in [5.74, 6) is 4.47. The van der Waals surface area contributed by atoms with Crippen LogP contribution in [0.25, 0.3) is 0 Å². The summed E-state index contributed by atoms with van der Waals surface area (Å²) >= 11 is 0. The lowest BCUT2D eigenvalue weighted by atomic mass is 9.81. The second-order valence-electron chi connectivity index (χ2n) is 7.95. The number of fused-ring (bicyclic) bond motifs is 1. The molecule has 3 rings (SSSR count). The van der Waals surface area contributed by atoms with Gasteiger partial charge in [-0.25, -0.2) is 9.67 Å². The zero-order valence-electron chi connectivity index (χ0n) is 17.2. The molecule has 1 aromatic rings. The van der Waals surface area contributed by atoms with Crippen LogP contribution >= 0.6 is 0 Å². The van der Waals surface area contributed by atoms with E-state index in [1.807, 2.05) is 4.68 Å². The quantitative estimate of drug-likeness (QED) is 0.565. The second-order valence-corrected chi connectivity index (χ2v) is 7.95. The van der Waals surface area contributed by atoms with Crippen molar-refractivity contribution >= 4 is 5.96 Å². The molecule has 0 amide bonds. The molecular weight excluding hydrogens is 340 g/mol. The zero-order valence-corrected chi connectivity index (χ0v) is 17.2. The first kappa shape index (κ1) is 20.1. The van der Waals surface area contributed by atoms with Gasteiger partial charge >= 0.3 is 0 Å². The molecule has 2 heterocycles. The molecule has 7 heteroatoms. The molecule has 0 aromatic carbocycles. The van der Waals surface area contributed by atoms with Gasteiger partial charge in [0.2, 0.25) is 0 Å². The van der Waals surface area contributed by atoms with E-state index >= 15 is 0 Å². The van der Waals surface area contributed by atoms with E-state index in [1.54, 1.807) is 7.11 Å². The Morgan fingerprint density at radius 3 is 2.67 bits per heavy atom. The number of hydrogen-bond acceptors (Lipinski definition) is 4. The predicted molar refractivity (Wildman–Crippen MR) is 108 cm³/mol. The summed E-state index contributed by atoms with van der Waals surface area (Å²) in [6, 6.07) is 0.336. The highest BCUT2D eigenvalue weighted by Gasteiger charge is 2.23. The second kappa shape index (κ2) is 10.1. The molecule has 0 radical (unpaired) electrons. The summed E-state index contributed by atoms with van der Waals surface area (Å²) in [5, 5.41) is 11.6. The van der Waals surface area contributed by atoms with Gasteiger partial charge in [-0.3, -0.25) is 4.99 Å². The standard InChI is InChI=1S/C20H36N6O/c1-4-15-6-8-16(9-7-15)12-22-20(21-5-2)23-17-10-11-19-24-18(14-27-3)25-26(19)13-17/h15-17H,4-14H2,1-3H3,(H2,21,22,23). The fraction of sp³-hybridized carbons (Fsp3) is 0.850. The topological polar surface area (TPSA) is 76.4 Å². The molecule has 2 aliphatic rings. The molecule has 1 aliphatic carbocycles. The molecule has 0 saturated heterocycles. The summed E-state index contributed by atoms with van der Waals surface area (Å²) in [5.41, 5.74) is 0.